The van der Waals surface area contributed by atoms with Crippen molar-refractivity contribution in [2.45, 2.75) is 6.92 Å². The first-order valence-electron chi connectivity index (χ1n) is 4.64. The summed E-state index contributed by atoms with van der Waals surface area (Å²) in [4.78, 5) is 11.3. The lowest BCUT2D eigenvalue weighted by Crippen LogP contribution is -2.06. The van der Waals surface area contributed by atoms with E-state index < -0.39 is 5.97 Å². The van der Waals surface area contributed by atoms with Crippen LogP contribution in [0.2, 0.25) is 0 Å². The first-order valence-corrected chi connectivity index (χ1v) is 4.64. The molecule has 0 aliphatic rings. The lowest BCUT2D eigenvalue weighted by atomic mass is 10.4. The number of rotatable bonds is 5. The maximum atomic E-state index is 11.3. The zero-order valence-corrected chi connectivity index (χ0v) is 8.90. The molecule has 1 heterocycles. The fourth-order valence-electron chi connectivity index (χ4n) is 1.03. The van der Waals surface area contributed by atoms with Crippen molar-refractivity contribution >= 4 is 5.97 Å². The molecule has 0 unspecified atom stereocenters. The van der Waals surface area contributed by atoms with E-state index in [2.05, 4.69) is 11.7 Å². The molecule has 1 rings (SSSR count). The zero-order chi connectivity index (χ0) is 11.3. The Bertz CT molecular complexity index is 358. The van der Waals surface area contributed by atoms with Gasteiger partial charge in [0.2, 0.25) is 5.88 Å². The standard InChI is InChI=1S/C10H14N2O3/c1-4-6-15-9-7-8(11-12(9)3)10(13)14-5-2/h4,7H,1,5-6H2,2-3H3. The number of carbonyl (C=O) groups is 1. The van der Waals surface area contributed by atoms with Crippen molar-refractivity contribution in [3.63, 3.8) is 0 Å². The Morgan fingerprint density at radius 3 is 3.07 bits per heavy atom. The Hall–Kier alpha value is -1.78. The van der Waals surface area contributed by atoms with E-state index in [1.165, 1.54) is 4.68 Å². The van der Waals surface area contributed by atoms with Gasteiger partial charge in [0.25, 0.3) is 0 Å². The molecule has 0 saturated heterocycles. The molecule has 5 nitrogen and oxygen atoms in total. The van der Waals surface area contributed by atoms with Crippen LogP contribution in [0.25, 0.3) is 0 Å². The van der Waals surface area contributed by atoms with Gasteiger partial charge in [0.15, 0.2) is 5.69 Å². The second-order valence-electron chi connectivity index (χ2n) is 2.81. The van der Waals surface area contributed by atoms with Crippen molar-refractivity contribution in [1.82, 2.24) is 9.78 Å². The summed E-state index contributed by atoms with van der Waals surface area (Å²) in [5, 5.41) is 3.96. The van der Waals surface area contributed by atoms with Gasteiger partial charge in [0, 0.05) is 13.1 Å². The predicted octanol–water partition coefficient (Wildman–Crippen LogP) is 1.16. The Balaban J connectivity index is 2.75. The topological polar surface area (TPSA) is 53.4 Å². The summed E-state index contributed by atoms with van der Waals surface area (Å²) in [5.41, 5.74) is 0.249. The molecule has 0 aliphatic heterocycles. The fraction of sp³-hybridized carbons (Fsp3) is 0.400. The average Bonchev–Trinajstić information content (AvgIpc) is 2.57. The highest BCUT2D eigenvalue weighted by molar-refractivity contribution is 5.87. The van der Waals surface area contributed by atoms with Crippen LogP contribution in [-0.2, 0) is 11.8 Å². The Morgan fingerprint density at radius 2 is 2.47 bits per heavy atom. The Labute approximate surface area is 88.3 Å². The third-order valence-electron chi connectivity index (χ3n) is 1.67. The summed E-state index contributed by atoms with van der Waals surface area (Å²) >= 11 is 0. The van der Waals surface area contributed by atoms with Gasteiger partial charge >= 0.3 is 5.97 Å². The van der Waals surface area contributed by atoms with Crippen LogP contribution in [0.3, 0.4) is 0 Å². The normalized spacial score (nSPS) is 9.73. The minimum absolute atomic E-state index is 0.249. The highest BCUT2D eigenvalue weighted by Crippen LogP contribution is 2.12. The quantitative estimate of drug-likeness (QED) is 0.540. The second kappa shape index (κ2) is 5.19. The molecule has 0 radical (unpaired) electrons. The lowest BCUT2D eigenvalue weighted by molar-refractivity contribution is 0.0518. The maximum absolute atomic E-state index is 11.3. The summed E-state index contributed by atoms with van der Waals surface area (Å²) in [6.45, 7) is 5.98. The van der Waals surface area contributed by atoms with Crippen LogP contribution < -0.4 is 4.74 Å². The van der Waals surface area contributed by atoms with Crippen LogP contribution in [-0.4, -0.2) is 29.0 Å². The largest absolute Gasteiger partial charge is 0.474 e. The molecule has 0 fully saturated rings. The SMILES string of the molecule is C=CCOc1cc(C(=O)OCC)nn1C. The molecule has 5 heteroatoms. The maximum Gasteiger partial charge on any atom is 0.358 e. The molecule has 1 aromatic heterocycles. The van der Waals surface area contributed by atoms with E-state index >= 15 is 0 Å². The van der Waals surface area contributed by atoms with Gasteiger partial charge in [-0.25, -0.2) is 9.48 Å². The van der Waals surface area contributed by atoms with E-state index in [1.807, 2.05) is 0 Å². The van der Waals surface area contributed by atoms with E-state index in [0.717, 1.165) is 0 Å². The van der Waals surface area contributed by atoms with Crippen molar-refractivity contribution in [2.24, 2.45) is 7.05 Å². The van der Waals surface area contributed by atoms with E-state index in [0.29, 0.717) is 19.1 Å². The summed E-state index contributed by atoms with van der Waals surface area (Å²) in [6, 6.07) is 1.54. The average molecular weight is 210 g/mol. The van der Waals surface area contributed by atoms with Gasteiger partial charge in [0.05, 0.1) is 6.61 Å². The van der Waals surface area contributed by atoms with Crippen molar-refractivity contribution in [3.8, 4) is 5.88 Å². The van der Waals surface area contributed by atoms with Crippen molar-refractivity contribution in [1.29, 1.82) is 0 Å². The number of nitrogens with zero attached hydrogens (tertiary/aromatic N) is 2. The molecule has 0 amide bonds. The number of ether oxygens (including phenoxy) is 2. The molecule has 82 valence electrons. The number of esters is 1. The van der Waals surface area contributed by atoms with Crippen LogP contribution >= 0.6 is 0 Å². The molecule has 15 heavy (non-hydrogen) atoms. The number of hydrogen-bond acceptors (Lipinski definition) is 4. The number of carbonyl (C=O) groups excluding carboxylic acids is 1. The zero-order valence-electron chi connectivity index (χ0n) is 8.90. The van der Waals surface area contributed by atoms with Crippen LogP contribution in [0.5, 0.6) is 5.88 Å². The van der Waals surface area contributed by atoms with Crippen LogP contribution in [0.4, 0.5) is 0 Å². The van der Waals surface area contributed by atoms with Crippen LogP contribution in [0.15, 0.2) is 18.7 Å². The predicted molar refractivity (Wildman–Crippen MR) is 54.9 cm³/mol. The molecule has 0 saturated carbocycles. The van der Waals surface area contributed by atoms with Gasteiger partial charge in [-0.1, -0.05) is 12.7 Å². The molecule has 0 spiro atoms. The number of aromatic nitrogens is 2. The third-order valence-corrected chi connectivity index (χ3v) is 1.67. The van der Waals surface area contributed by atoms with E-state index in [1.54, 1.807) is 26.1 Å². The first-order chi connectivity index (χ1) is 7.19. The van der Waals surface area contributed by atoms with Crippen molar-refractivity contribution in [3.05, 3.63) is 24.4 Å². The Morgan fingerprint density at radius 1 is 1.73 bits per heavy atom. The van der Waals surface area contributed by atoms with Crippen LogP contribution in [0.1, 0.15) is 17.4 Å². The van der Waals surface area contributed by atoms with Crippen molar-refractivity contribution in [2.75, 3.05) is 13.2 Å². The third kappa shape index (κ3) is 2.83. The summed E-state index contributed by atoms with van der Waals surface area (Å²) in [7, 11) is 1.70. The van der Waals surface area contributed by atoms with Gasteiger partial charge in [-0.15, -0.1) is 0 Å². The van der Waals surface area contributed by atoms with Gasteiger partial charge < -0.3 is 9.47 Å². The highest BCUT2D eigenvalue weighted by Gasteiger charge is 2.13. The molecular formula is C10H14N2O3. The molecular weight excluding hydrogens is 196 g/mol. The lowest BCUT2D eigenvalue weighted by Gasteiger charge is -2.00. The smallest absolute Gasteiger partial charge is 0.358 e. The number of aryl methyl sites for hydroxylation is 1. The van der Waals surface area contributed by atoms with Gasteiger partial charge in [-0.3, -0.25) is 0 Å². The molecule has 0 aromatic carbocycles. The molecule has 0 N–H and O–H groups in total. The minimum atomic E-state index is -0.443. The molecule has 1 aromatic rings. The van der Waals surface area contributed by atoms with E-state index in [4.69, 9.17) is 9.47 Å². The Kier molecular flexibility index (Phi) is 3.91. The molecule has 0 aliphatic carbocycles. The fourth-order valence-corrected chi connectivity index (χ4v) is 1.03. The monoisotopic (exact) mass is 210 g/mol. The van der Waals surface area contributed by atoms with Crippen molar-refractivity contribution < 1.29 is 14.3 Å². The summed E-state index contributed by atoms with van der Waals surface area (Å²) < 4.78 is 11.6. The van der Waals surface area contributed by atoms with E-state index in [-0.39, 0.29) is 5.69 Å². The van der Waals surface area contributed by atoms with Crippen LogP contribution in [0, 0.1) is 0 Å². The van der Waals surface area contributed by atoms with Gasteiger partial charge in [0.1, 0.15) is 6.61 Å². The van der Waals surface area contributed by atoms with E-state index in [9.17, 15) is 4.79 Å². The summed E-state index contributed by atoms with van der Waals surface area (Å²) in [5.74, 6) is 0.0690. The molecule has 0 atom stereocenters. The van der Waals surface area contributed by atoms with Gasteiger partial charge in [-0.2, -0.15) is 5.10 Å². The summed E-state index contributed by atoms with van der Waals surface area (Å²) in [6.07, 6.45) is 1.62. The minimum Gasteiger partial charge on any atom is -0.474 e. The van der Waals surface area contributed by atoms with Gasteiger partial charge in [-0.05, 0) is 6.92 Å². The first kappa shape index (κ1) is 11.3. The molecule has 0 bridgehead atoms. The number of hydrogen-bond donors (Lipinski definition) is 0. The highest BCUT2D eigenvalue weighted by atomic mass is 16.5. The second-order valence-corrected chi connectivity index (χ2v) is 2.81.